The third kappa shape index (κ3) is 5.17. The molecule has 1 aromatic heterocycles. The second kappa shape index (κ2) is 10.0. The molecule has 2 amide bonds. The fourth-order valence-electron chi connectivity index (χ4n) is 3.12. The Bertz CT molecular complexity index is 1200. The van der Waals surface area contributed by atoms with Crippen molar-refractivity contribution in [1.29, 1.82) is 0 Å². The van der Waals surface area contributed by atoms with Crippen LogP contribution in [0.2, 0.25) is 0 Å². The number of carbonyl (C=O) groups is 3. The lowest BCUT2D eigenvalue weighted by Crippen LogP contribution is -2.35. The summed E-state index contributed by atoms with van der Waals surface area (Å²) in [5.74, 6) is -2.51. The minimum atomic E-state index is -3.95. The summed E-state index contributed by atoms with van der Waals surface area (Å²) in [5.41, 5.74) is -0.539. The number of aliphatic hydroxyl groups excluding tert-OH is 2. The van der Waals surface area contributed by atoms with E-state index in [9.17, 15) is 27.6 Å². The van der Waals surface area contributed by atoms with Gasteiger partial charge in [0.15, 0.2) is 0 Å². The van der Waals surface area contributed by atoms with Crippen molar-refractivity contribution in [3.05, 3.63) is 52.3 Å². The number of hydrogen-bond donors (Lipinski definition) is 3. The van der Waals surface area contributed by atoms with E-state index >= 15 is 0 Å². The molecule has 1 aromatic carbocycles. The molecule has 13 heteroatoms. The molecule has 0 bridgehead atoms. The Morgan fingerprint density at radius 1 is 0.970 bits per heavy atom. The maximum Gasteiger partial charge on any atom is 0.369 e. The molecule has 176 valence electrons. The van der Waals surface area contributed by atoms with E-state index in [0.29, 0.717) is 10.6 Å². The number of nitrogens with zero attached hydrogens (tertiary/aromatic N) is 2. The van der Waals surface area contributed by atoms with Crippen LogP contribution in [-0.2, 0) is 24.4 Å². The van der Waals surface area contributed by atoms with E-state index < -0.39 is 52.1 Å². The van der Waals surface area contributed by atoms with Crippen molar-refractivity contribution in [2.45, 2.75) is 17.7 Å². The molecule has 2 aromatic rings. The normalized spacial score (nSPS) is 14.2. The first-order chi connectivity index (χ1) is 15.7. The van der Waals surface area contributed by atoms with Crippen LogP contribution >= 0.6 is 0 Å². The number of H-pyrrole nitrogens is 1. The van der Waals surface area contributed by atoms with E-state index in [2.05, 4.69) is 4.98 Å². The fraction of sp³-hybridized carbons (Fsp3) is 0.300. The lowest BCUT2D eigenvalue weighted by atomic mass is 10.1. The van der Waals surface area contributed by atoms with Crippen LogP contribution < -0.4 is 5.56 Å². The van der Waals surface area contributed by atoms with Crippen LogP contribution in [0.25, 0.3) is 11.3 Å². The molecular weight excluding hydrogens is 458 g/mol. The number of aromatic amines is 1. The first-order valence-corrected chi connectivity index (χ1v) is 11.3. The standard InChI is InChI=1S/C20H21N3O9S/c24-11-9-22(10-12-25)33(30,31)14-3-1-13(2-4-14)16-6-5-15(19(28)21-16)20(29)32-23-17(26)7-8-18(23)27/h1-6,24-25H,7-12H2,(H,21,28). The number of carbonyl (C=O) groups excluding carboxylic acids is 3. The van der Waals surface area contributed by atoms with Gasteiger partial charge in [-0.15, -0.1) is 5.06 Å². The van der Waals surface area contributed by atoms with Crippen LogP contribution in [0.1, 0.15) is 23.2 Å². The van der Waals surface area contributed by atoms with Gasteiger partial charge < -0.3 is 20.0 Å². The number of aromatic nitrogens is 1. The molecular formula is C20H21N3O9S. The number of amides is 2. The van der Waals surface area contributed by atoms with Crippen LogP contribution in [0.4, 0.5) is 0 Å². The van der Waals surface area contributed by atoms with Crippen LogP contribution in [0.5, 0.6) is 0 Å². The fourth-order valence-corrected chi connectivity index (χ4v) is 4.55. The molecule has 3 rings (SSSR count). The molecule has 1 aliphatic heterocycles. The van der Waals surface area contributed by atoms with Gasteiger partial charge in [0.05, 0.1) is 18.1 Å². The number of aliphatic hydroxyl groups is 2. The summed E-state index contributed by atoms with van der Waals surface area (Å²) in [6.45, 7) is -1.17. The quantitative estimate of drug-likeness (QED) is 0.390. The molecule has 0 radical (unpaired) electrons. The highest BCUT2D eigenvalue weighted by molar-refractivity contribution is 7.89. The van der Waals surface area contributed by atoms with E-state index in [1.165, 1.54) is 30.3 Å². The second-order valence-corrected chi connectivity index (χ2v) is 8.89. The Labute approximate surface area is 188 Å². The van der Waals surface area contributed by atoms with Gasteiger partial charge in [0, 0.05) is 31.6 Å². The number of rotatable bonds is 9. The van der Waals surface area contributed by atoms with Crippen molar-refractivity contribution in [3.8, 4) is 11.3 Å². The number of hydroxylamine groups is 2. The highest BCUT2D eigenvalue weighted by atomic mass is 32.2. The molecule has 2 heterocycles. The lowest BCUT2D eigenvalue weighted by molar-refractivity contribution is -0.172. The summed E-state index contributed by atoms with van der Waals surface area (Å²) in [7, 11) is -3.95. The van der Waals surface area contributed by atoms with E-state index in [1.54, 1.807) is 0 Å². The first-order valence-electron chi connectivity index (χ1n) is 9.82. The molecule has 0 saturated carbocycles. The predicted octanol–water partition coefficient (Wildman–Crippen LogP) is -0.762. The van der Waals surface area contributed by atoms with Crippen molar-refractivity contribution >= 4 is 27.8 Å². The van der Waals surface area contributed by atoms with E-state index in [0.717, 1.165) is 10.4 Å². The van der Waals surface area contributed by atoms with Gasteiger partial charge in [-0.05, 0) is 29.8 Å². The van der Waals surface area contributed by atoms with Gasteiger partial charge in [-0.25, -0.2) is 13.2 Å². The van der Waals surface area contributed by atoms with Crippen molar-refractivity contribution in [3.63, 3.8) is 0 Å². The van der Waals surface area contributed by atoms with Crippen molar-refractivity contribution in [2.75, 3.05) is 26.3 Å². The van der Waals surface area contributed by atoms with Gasteiger partial charge in [-0.3, -0.25) is 14.4 Å². The number of benzene rings is 1. The summed E-state index contributed by atoms with van der Waals surface area (Å²) in [6, 6.07) is 8.03. The van der Waals surface area contributed by atoms with Gasteiger partial charge in [0.25, 0.3) is 17.4 Å². The Morgan fingerprint density at radius 3 is 2.06 bits per heavy atom. The molecule has 0 aliphatic carbocycles. The Kier molecular flexibility index (Phi) is 7.38. The van der Waals surface area contributed by atoms with Gasteiger partial charge >= 0.3 is 5.97 Å². The van der Waals surface area contributed by atoms with Gasteiger partial charge in [0.2, 0.25) is 10.0 Å². The van der Waals surface area contributed by atoms with Crippen LogP contribution in [0.3, 0.4) is 0 Å². The minimum Gasteiger partial charge on any atom is -0.395 e. The largest absolute Gasteiger partial charge is 0.395 e. The summed E-state index contributed by atoms with van der Waals surface area (Å²) < 4.78 is 26.3. The first kappa shape index (κ1) is 24.3. The Morgan fingerprint density at radius 2 is 1.55 bits per heavy atom. The highest BCUT2D eigenvalue weighted by Gasteiger charge is 2.33. The molecule has 0 unspecified atom stereocenters. The van der Waals surface area contributed by atoms with Gasteiger partial charge in [-0.2, -0.15) is 4.31 Å². The van der Waals surface area contributed by atoms with Gasteiger partial charge in [0.1, 0.15) is 5.56 Å². The summed E-state index contributed by atoms with van der Waals surface area (Å²) >= 11 is 0. The van der Waals surface area contributed by atoms with E-state index in [4.69, 9.17) is 15.1 Å². The third-order valence-electron chi connectivity index (χ3n) is 4.81. The number of pyridine rings is 1. The zero-order valence-corrected chi connectivity index (χ0v) is 18.1. The Hall–Kier alpha value is -3.39. The SMILES string of the molecule is O=C(ON1C(=O)CCC1=O)c1ccc(-c2ccc(S(=O)(=O)N(CCO)CCO)cc2)[nH]c1=O. The maximum absolute atomic E-state index is 12.7. The number of imide groups is 1. The average molecular weight is 479 g/mol. The van der Waals surface area contributed by atoms with Crippen molar-refractivity contribution in [2.24, 2.45) is 0 Å². The average Bonchev–Trinajstić information content (AvgIpc) is 3.11. The van der Waals surface area contributed by atoms with Gasteiger partial charge in [-0.1, -0.05) is 12.1 Å². The van der Waals surface area contributed by atoms with Crippen LogP contribution in [0.15, 0.2) is 46.1 Å². The van der Waals surface area contributed by atoms with Crippen molar-refractivity contribution < 1.29 is 37.9 Å². The van der Waals surface area contributed by atoms with E-state index in [1.807, 2.05) is 0 Å². The monoisotopic (exact) mass is 479 g/mol. The van der Waals surface area contributed by atoms with E-state index in [-0.39, 0.29) is 36.5 Å². The minimum absolute atomic E-state index is 0.0735. The molecule has 0 atom stereocenters. The molecule has 0 spiro atoms. The van der Waals surface area contributed by atoms with Crippen LogP contribution in [0, 0.1) is 0 Å². The molecule has 1 saturated heterocycles. The number of hydrogen-bond acceptors (Lipinski definition) is 9. The highest BCUT2D eigenvalue weighted by Crippen LogP contribution is 2.21. The summed E-state index contributed by atoms with van der Waals surface area (Å²) in [4.78, 5) is 54.8. The van der Waals surface area contributed by atoms with Crippen molar-refractivity contribution in [1.82, 2.24) is 14.4 Å². The smallest absolute Gasteiger partial charge is 0.369 e. The molecule has 1 aliphatic rings. The number of nitrogens with one attached hydrogen (secondary N) is 1. The predicted molar refractivity (Wildman–Crippen MR) is 112 cm³/mol. The molecule has 1 fully saturated rings. The lowest BCUT2D eigenvalue weighted by Gasteiger charge is -2.20. The molecule has 33 heavy (non-hydrogen) atoms. The zero-order valence-electron chi connectivity index (χ0n) is 17.3. The summed E-state index contributed by atoms with van der Waals surface area (Å²) in [6.07, 6.45) is -0.157. The molecule has 3 N–H and O–H groups in total. The Balaban J connectivity index is 1.80. The molecule has 12 nitrogen and oxygen atoms in total. The maximum atomic E-state index is 12.7. The van der Waals surface area contributed by atoms with Crippen LogP contribution in [-0.4, -0.2) is 77.1 Å². The summed E-state index contributed by atoms with van der Waals surface area (Å²) in [5, 5.41) is 18.5. The number of sulfonamides is 1. The zero-order chi connectivity index (χ0) is 24.2. The second-order valence-electron chi connectivity index (χ2n) is 6.95. The topological polar surface area (TPSA) is 174 Å². The third-order valence-corrected chi connectivity index (χ3v) is 6.72.